The van der Waals surface area contributed by atoms with E-state index in [0.29, 0.717) is 29.0 Å². The van der Waals surface area contributed by atoms with Gasteiger partial charge in [0, 0.05) is 24.8 Å². The van der Waals surface area contributed by atoms with Crippen LogP contribution >= 0.6 is 27.3 Å². The fraction of sp³-hybridized carbons (Fsp3) is 0.375. The van der Waals surface area contributed by atoms with Crippen LogP contribution in [0.5, 0.6) is 0 Å². The number of aromatic nitrogens is 6. The molecule has 12 heteroatoms. The Hall–Kier alpha value is -3.43. The average Bonchev–Trinajstić information content (AvgIpc) is 3.61. The molecule has 0 bridgehead atoms. The monoisotopic (exact) mass is 565 g/mol. The van der Waals surface area contributed by atoms with Crippen molar-refractivity contribution < 1.29 is 4.79 Å². The lowest BCUT2D eigenvalue weighted by molar-refractivity contribution is -0.132. The molecular formula is C24H24BrN9OS. The summed E-state index contributed by atoms with van der Waals surface area (Å²) in [4.78, 5) is 21.9. The van der Waals surface area contributed by atoms with E-state index in [2.05, 4.69) is 52.9 Å². The first-order chi connectivity index (χ1) is 17.3. The number of anilines is 1. The maximum atomic E-state index is 12.7. The van der Waals surface area contributed by atoms with Crippen LogP contribution in [-0.4, -0.2) is 48.9 Å². The van der Waals surface area contributed by atoms with Crippen molar-refractivity contribution in [2.24, 2.45) is 11.3 Å². The Bertz CT molecular complexity index is 1480. The van der Waals surface area contributed by atoms with Gasteiger partial charge in [-0.1, -0.05) is 11.3 Å². The third-order valence-electron chi connectivity index (χ3n) is 6.85. The van der Waals surface area contributed by atoms with E-state index in [-0.39, 0.29) is 11.9 Å². The quantitative estimate of drug-likeness (QED) is 0.354. The Kier molecular flexibility index (Phi) is 6.44. The summed E-state index contributed by atoms with van der Waals surface area (Å²) >= 11 is 5.07. The van der Waals surface area contributed by atoms with Crippen molar-refractivity contribution in [3.8, 4) is 22.3 Å². The number of amides is 1. The number of hydrogen-bond donors (Lipinski definition) is 2. The van der Waals surface area contributed by atoms with Crippen molar-refractivity contribution in [1.29, 1.82) is 5.26 Å². The van der Waals surface area contributed by atoms with E-state index in [1.807, 2.05) is 38.1 Å². The van der Waals surface area contributed by atoms with Gasteiger partial charge in [0.15, 0.2) is 5.65 Å². The topological polar surface area (TPSA) is 134 Å². The fourth-order valence-corrected chi connectivity index (χ4v) is 5.96. The lowest BCUT2D eigenvalue weighted by Crippen LogP contribution is -2.42. The molecule has 2 N–H and O–H groups in total. The number of hydrogen-bond acceptors (Lipinski definition) is 9. The molecule has 1 aliphatic rings. The van der Waals surface area contributed by atoms with E-state index in [4.69, 9.17) is 4.98 Å². The summed E-state index contributed by atoms with van der Waals surface area (Å²) in [5.41, 5.74) is 1.77. The Balaban J connectivity index is 1.42. The van der Waals surface area contributed by atoms with Crippen LogP contribution in [0.25, 0.3) is 27.3 Å². The molecule has 0 radical (unpaired) electrons. The lowest BCUT2D eigenvalue weighted by atomic mass is 9.74. The lowest BCUT2D eigenvalue weighted by Gasteiger charge is -2.29. The van der Waals surface area contributed by atoms with Crippen molar-refractivity contribution in [3.05, 3.63) is 40.1 Å². The maximum Gasteiger partial charge on any atom is 0.227 e. The molecule has 3 heterocycles. The zero-order chi connectivity index (χ0) is 25.4. The summed E-state index contributed by atoms with van der Waals surface area (Å²) in [7, 11) is 1.62. The van der Waals surface area contributed by atoms with Gasteiger partial charge in [-0.3, -0.25) is 4.79 Å². The van der Waals surface area contributed by atoms with Gasteiger partial charge in [0.2, 0.25) is 11.9 Å². The number of carbonyl (C=O) groups excluding carboxylic acids is 1. The highest BCUT2D eigenvalue weighted by Crippen LogP contribution is 2.45. The SMILES string of the molecule is CNC(=O)[C@@]1(C(C)C#N)CC[C@@H](Nc2ncc3c(Br)nn(-c4ccc(-c5nnc(C)s5)cc4)c3n2)C1. The number of nitriles is 1. The summed E-state index contributed by atoms with van der Waals surface area (Å²) in [6, 6.07) is 10.2. The molecule has 1 unspecified atom stereocenters. The molecule has 5 rings (SSSR count). The molecule has 4 aromatic rings. The minimum Gasteiger partial charge on any atom is -0.359 e. The highest BCUT2D eigenvalue weighted by Gasteiger charge is 2.49. The van der Waals surface area contributed by atoms with Crippen LogP contribution in [0.15, 0.2) is 35.1 Å². The molecule has 3 atom stereocenters. The Labute approximate surface area is 220 Å². The molecule has 1 amide bonds. The second kappa shape index (κ2) is 9.55. The van der Waals surface area contributed by atoms with Crippen LogP contribution in [-0.2, 0) is 4.79 Å². The molecule has 1 fully saturated rings. The highest BCUT2D eigenvalue weighted by molar-refractivity contribution is 9.10. The van der Waals surface area contributed by atoms with Gasteiger partial charge >= 0.3 is 0 Å². The van der Waals surface area contributed by atoms with Gasteiger partial charge in [-0.25, -0.2) is 9.67 Å². The average molecular weight is 566 g/mol. The van der Waals surface area contributed by atoms with Gasteiger partial charge in [0.25, 0.3) is 0 Å². The van der Waals surface area contributed by atoms with Crippen LogP contribution in [0.2, 0.25) is 0 Å². The van der Waals surface area contributed by atoms with E-state index in [1.165, 1.54) is 0 Å². The summed E-state index contributed by atoms with van der Waals surface area (Å²) in [5.74, 6) is -0.0251. The van der Waals surface area contributed by atoms with E-state index < -0.39 is 11.3 Å². The second-order valence-corrected chi connectivity index (χ2v) is 10.9. The maximum absolute atomic E-state index is 12.7. The number of halogens is 1. The third kappa shape index (κ3) is 4.22. The number of nitrogens with zero attached hydrogens (tertiary/aromatic N) is 7. The molecule has 0 aliphatic heterocycles. The van der Waals surface area contributed by atoms with Crippen molar-refractivity contribution in [2.45, 2.75) is 39.2 Å². The molecule has 1 saturated carbocycles. The minimum absolute atomic E-state index is 0.0231. The van der Waals surface area contributed by atoms with Crippen LogP contribution < -0.4 is 10.6 Å². The van der Waals surface area contributed by atoms with Crippen LogP contribution in [0, 0.1) is 29.6 Å². The number of nitrogens with one attached hydrogen (secondary N) is 2. The minimum atomic E-state index is -0.719. The summed E-state index contributed by atoms with van der Waals surface area (Å²) in [6.07, 6.45) is 3.65. The van der Waals surface area contributed by atoms with Gasteiger partial charge in [0.1, 0.15) is 14.6 Å². The van der Waals surface area contributed by atoms with Crippen molar-refractivity contribution in [2.75, 3.05) is 12.4 Å². The zero-order valence-corrected chi connectivity index (χ0v) is 22.4. The van der Waals surface area contributed by atoms with Gasteiger partial charge in [-0.15, -0.1) is 10.2 Å². The summed E-state index contributed by atoms with van der Waals surface area (Å²) in [6.45, 7) is 3.75. The summed E-state index contributed by atoms with van der Waals surface area (Å²) in [5, 5.41) is 31.2. The number of rotatable bonds is 6. The number of carbonyl (C=O) groups is 1. The molecule has 184 valence electrons. The van der Waals surface area contributed by atoms with Crippen molar-refractivity contribution in [1.82, 2.24) is 35.3 Å². The second-order valence-electron chi connectivity index (χ2n) is 8.98. The Morgan fingerprint density at radius 3 is 2.78 bits per heavy atom. The fourth-order valence-electron chi connectivity index (χ4n) is 4.83. The van der Waals surface area contributed by atoms with Crippen LogP contribution in [0.4, 0.5) is 5.95 Å². The van der Waals surface area contributed by atoms with Crippen molar-refractivity contribution in [3.63, 3.8) is 0 Å². The smallest absolute Gasteiger partial charge is 0.227 e. The van der Waals surface area contributed by atoms with Crippen LogP contribution in [0.3, 0.4) is 0 Å². The first kappa shape index (κ1) is 24.3. The Morgan fingerprint density at radius 2 is 2.11 bits per heavy atom. The number of benzene rings is 1. The Morgan fingerprint density at radius 1 is 1.33 bits per heavy atom. The molecule has 1 aromatic carbocycles. The molecule has 0 spiro atoms. The molecular weight excluding hydrogens is 542 g/mol. The first-order valence-corrected chi connectivity index (χ1v) is 13.2. The van der Waals surface area contributed by atoms with Gasteiger partial charge in [-0.05, 0) is 73.3 Å². The molecule has 36 heavy (non-hydrogen) atoms. The number of aryl methyl sites for hydroxylation is 1. The predicted octanol–water partition coefficient (Wildman–Crippen LogP) is 4.26. The molecule has 3 aromatic heterocycles. The van der Waals surface area contributed by atoms with Gasteiger partial charge in [-0.2, -0.15) is 15.3 Å². The largest absolute Gasteiger partial charge is 0.359 e. The molecule has 1 aliphatic carbocycles. The van der Waals surface area contributed by atoms with E-state index in [0.717, 1.165) is 33.1 Å². The number of fused-ring (bicyclic) bond motifs is 1. The standard InChI is InChI=1S/C24H24BrN9OS/c1-13(11-26)24(22(35)27-3)9-8-16(10-24)29-23-28-12-18-19(25)33-34(20(18)30-23)17-6-4-15(5-7-17)21-32-31-14(2)36-21/h4-7,12-13,16H,8-10H2,1-3H3,(H,27,35)(H,28,29,30)/t13?,16-,24+/m1/s1. The molecule has 0 saturated heterocycles. The third-order valence-corrected chi connectivity index (χ3v) is 8.32. The van der Waals surface area contributed by atoms with E-state index >= 15 is 0 Å². The zero-order valence-electron chi connectivity index (χ0n) is 20.0. The van der Waals surface area contributed by atoms with E-state index in [9.17, 15) is 10.1 Å². The predicted molar refractivity (Wildman–Crippen MR) is 141 cm³/mol. The van der Waals surface area contributed by atoms with Crippen molar-refractivity contribution >= 4 is 50.2 Å². The van der Waals surface area contributed by atoms with E-state index in [1.54, 1.807) is 29.3 Å². The highest BCUT2D eigenvalue weighted by atomic mass is 79.9. The first-order valence-electron chi connectivity index (χ1n) is 11.5. The summed E-state index contributed by atoms with van der Waals surface area (Å²) < 4.78 is 2.41. The van der Waals surface area contributed by atoms with Gasteiger partial charge in [0.05, 0.1) is 28.5 Å². The normalized spacial score (nSPS) is 20.2. The van der Waals surface area contributed by atoms with Gasteiger partial charge < -0.3 is 10.6 Å². The van der Waals surface area contributed by atoms with Crippen LogP contribution in [0.1, 0.15) is 31.2 Å². The molecule has 10 nitrogen and oxygen atoms in total.